The van der Waals surface area contributed by atoms with E-state index in [0.717, 1.165) is 36.5 Å². The van der Waals surface area contributed by atoms with E-state index < -0.39 is 0 Å². The van der Waals surface area contributed by atoms with Crippen LogP contribution in [0.5, 0.6) is 0 Å². The van der Waals surface area contributed by atoms with E-state index in [4.69, 9.17) is 9.15 Å². The number of hydrogen-bond acceptors (Lipinski definition) is 3. The van der Waals surface area contributed by atoms with Crippen molar-refractivity contribution in [3.63, 3.8) is 0 Å². The van der Waals surface area contributed by atoms with Crippen molar-refractivity contribution >= 4 is 5.91 Å². The van der Waals surface area contributed by atoms with E-state index >= 15 is 0 Å². The van der Waals surface area contributed by atoms with Crippen molar-refractivity contribution in [3.05, 3.63) is 48.2 Å². The number of amides is 1. The van der Waals surface area contributed by atoms with Gasteiger partial charge in [-0.2, -0.15) is 0 Å². The first-order chi connectivity index (χ1) is 10.8. The highest BCUT2D eigenvalue weighted by Gasteiger charge is 2.16. The molecule has 22 heavy (non-hydrogen) atoms. The molecule has 116 valence electrons. The fourth-order valence-corrected chi connectivity index (χ4v) is 2.63. The monoisotopic (exact) mass is 299 g/mol. The number of rotatable bonds is 6. The summed E-state index contributed by atoms with van der Waals surface area (Å²) < 4.78 is 11.3. The minimum atomic E-state index is 0.0492. The standard InChI is InChI=1S/C18H21NO3/c20-18(19-13-16-7-4-12-21-16)11-9-15-8-10-17(22-15)14-5-2-1-3-6-14/h1-3,5-6,8,10,16H,4,7,9,11-13H2,(H,19,20)/t16-/m0/s1. The highest BCUT2D eigenvalue weighted by Crippen LogP contribution is 2.22. The lowest BCUT2D eigenvalue weighted by Crippen LogP contribution is -2.31. The third-order valence-corrected chi connectivity index (χ3v) is 3.87. The van der Waals surface area contributed by atoms with Crippen molar-refractivity contribution < 1.29 is 13.9 Å². The molecule has 1 aromatic heterocycles. The number of hydrogen-bond donors (Lipinski definition) is 1. The van der Waals surface area contributed by atoms with E-state index in [1.54, 1.807) is 0 Å². The molecule has 0 unspecified atom stereocenters. The molecule has 2 aromatic rings. The van der Waals surface area contributed by atoms with Crippen LogP contribution in [0.4, 0.5) is 0 Å². The van der Waals surface area contributed by atoms with Gasteiger partial charge in [0.1, 0.15) is 11.5 Å². The Bertz CT molecular complexity index is 600. The number of ether oxygens (including phenoxy) is 1. The lowest BCUT2D eigenvalue weighted by Gasteiger charge is -2.10. The van der Waals surface area contributed by atoms with Gasteiger partial charge in [-0.05, 0) is 25.0 Å². The van der Waals surface area contributed by atoms with Crippen LogP contribution in [0.1, 0.15) is 25.0 Å². The van der Waals surface area contributed by atoms with Crippen molar-refractivity contribution in [1.29, 1.82) is 0 Å². The molecule has 1 atom stereocenters. The molecule has 1 aromatic carbocycles. The molecule has 1 saturated heterocycles. The predicted octanol–water partition coefficient (Wildman–Crippen LogP) is 3.17. The normalized spacial score (nSPS) is 17.5. The van der Waals surface area contributed by atoms with E-state index in [1.165, 1.54) is 0 Å². The molecule has 0 bridgehead atoms. The van der Waals surface area contributed by atoms with Gasteiger partial charge in [-0.25, -0.2) is 0 Å². The van der Waals surface area contributed by atoms with Crippen LogP contribution in [-0.4, -0.2) is 25.2 Å². The molecule has 0 radical (unpaired) electrons. The van der Waals surface area contributed by atoms with Crippen LogP contribution in [0.25, 0.3) is 11.3 Å². The first kappa shape index (κ1) is 14.9. The first-order valence-electron chi connectivity index (χ1n) is 7.84. The third kappa shape index (κ3) is 3.98. The Morgan fingerprint density at radius 3 is 2.82 bits per heavy atom. The fraction of sp³-hybridized carbons (Fsp3) is 0.389. The van der Waals surface area contributed by atoms with Crippen LogP contribution in [0.2, 0.25) is 0 Å². The quantitative estimate of drug-likeness (QED) is 0.891. The smallest absolute Gasteiger partial charge is 0.220 e. The summed E-state index contributed by atoms with van der Waals surface area (Å²) in [5.41, 5.74) is 1.05. The first-order valence-corrected chi connectivity index (χ1v) is 7.84. The molecule has 4 heteroatoms. The van der Waals surface area contributed by atoms with Gasteiger partial charge in [-0.15, -0.1) is 0 Å². The van der Waals surface area contributed by atoms with Gasteiger partial charge in [0, 0.05) is 31.6 Å². The molecule has 1 amide bonds. The van der Waals surface area contributed by atoms with E-state index in [0.29, 0.717) is 19.4 Å². The second-order valence-electron chi connectivity index (χ2n) is 5.57. The number of carbonyl (C=O) groups is 1. The van der Waals surface area contributed by atoms with Crippen LogP contribution in [0.15, 0.2) is 46.9 Å². The molecular formula is C18H21NO3. The van der Waals surface area contributed by atoms with Crippen LogP contribution in [-0.2, 0) is 16.0 Å². The Labute approximate surface area is 130 Å². The summed E-state index contributed by atoms with van der Waals surface area (Å²) in [5, 5.41) is 2.93. The van der Waals surface area contributed by atoms with E-state index in [2.05, 4.69) is 5.32 Å². The Morgan fingerprint density at radius 1 is 1.18 bits per heavy atom. The average Bonchev–Trinajstić information content (AvgIpc) is 3.23. The van der Waals surface area contributed by atoms with Gasteiger partial charge in [0.2, 0.25) is 5.91 Å². The molecule has 1 aliphatic heterocycles. The van der Waals surface area contributed by atoms with Gasteiger partial charge >= 0.3 is 0 Å². The molecule has 3 rings (SSSR count). The van der Waals surface area contributed by atoms with Crippen LogP contribution >= 0.6 is 0 Å². The maximum Gasteiger partial charge on any atom is 0.220 e. The minimum absolute atomic E-state index is 0.0492. The molecule has 0 aliphatic carbocycles. The molecule has 1 fully saturated rings. The molecule has 2 heterocycles. The molecular weight excluding hydrogens is 278 g/mol. The maximum absolute atomic E-state index is 11.8. The van der Waals surface area contributed by atoms with Gasteiger partial charge in [-0.3, -0.25) is 4.79 Å². The molecule has 0 spiro atoms. The van der Waals surface area contributed by atoms with Gasteiger partial charge in [0.25, 0.3) is 0 Å². The summed E-state index contributed by atoms with van der Waals surface area (Å²) in [7, 11) is 0. The number of nitrogens with one attached hydrogen (secondary N) is 1. The summed E-state index contributed by atoms with van der Waals surface area (Å²) >= 11 is 0. The number of carbonyl (C=O) groups excluding carboxylic acids is 1. The topological polar surface area (TPSA) is 51.5 Å². The second kappa shape index (κ2) is 7.27. The van der Waals surface area contributed by atoms with Gasteiger partial charge in [-0.1, -0.05) is 30.3 Å². The van der Waals surface area contributed by atoms with Crippen LogP contribution in [0, 0.1) is 0 Å². The second-order valence-corrected chi connectivity index (χ2v) is 5.57. The fourth-order valence-electron chi connectivity index (χ4n) is 2.63. The number of aryl methyl sites for hydroxylation is 1. The maximum atomic E-state index is 11.8. The zero-order valence-electron chi connectivity index (χ0n) is 12.6. The van der Waals surface area contributed by atoms with Crippen molar-refractivity contribution in [2.24, 2.45) is 0 Å². The molecule has 1 aliphatic rings. The summed E-state index contributed by atoms with van der Waals surface area (Å²) in [4.78, 5) is 11.8. The predicted molar refractivity (Wildman–Crippen MR) is 84.4 cm³/mol. The zero-order valence-corrected chi connectivity index (χ0v) is 12.6. The van der Waals surface area contributed by atoms with E-state index in [9.17, 15) is 4.79 Å². The van der Waals surface area contributed by atoms with E-state index in [-0.39, 0.29) is 12.0 Å². The molecule has 1 N–H and O–H groups in total. The largest absolute Gasteiger partial charge is 0.461 e. The third-order valence-electron chi connectivity index (χ3n) is 3.87. The minimum Gasteiger partial charge on any atom is -0.461 e. The Hall–Kier alpha value is -2.07. The van der Waals surface area contributed by atoms with Crippen molar-refractivity contribution in [1.82, 2.24) is 5.32 Å². The van der Waals surface area contributed by atoms with Gasteiger partial charge in [0.15, 0.2) is 0 Å². The van der Waals surface area contributed by atoms with Crippen molar-refractivity contribution in [2.45, 2.75) is 31.8 Å². The SMILES string of the molecule is O=C(CCc1ccc(-c2ccccc2)o1)NC[C@@H]1CCCO1. The zero-order chi connectivity index (χ0) is 15.2. The Morgan fingerprint density at radius 2 is 2.05 bits per heavy atom. The number of benzene rings is 1. The van der Waals surface area contributed by atoms with Crippen LogP contribution in [0.3, 0.4) is 0 Å². The summed E-state index contributed by atoms with van der Waals surface area (Å²) in [6, 6.07) is 13.9. The summed E-state index contributed by atoms with van der Waals surface area (Å²) in [6.45, 7) is 1.43. The highest BCUT2D eigenvalue weighted by molar-refractivity contribution is 5.76. The summed E-state index contributed by atoms with van der Waals surface area (Å²) in [5.74, 6) is 1.73. The number of furan rings is 1. The molecule has 4 nitrogen and oxygen atoms in total. The Balaban J connectivity index is 1.45. The molecule has 0 saturated carbocycles. The summed E-state index contributed by atoms with van der Waals surface area (Å²) in [6.07, 6.45) is 3.38. The van der Waals surface area contributed by atoms with Crippen LogP contribution < -0.4 is 5.32 Å². The van der Waals surface area contributed by atoms with Crippen molar-refractivity contribution in [3.8, 4) is 11.3 Å². The highest BCUT2D eigenvalue weighted by atomic mass is 16.5. The van der Waals surface area contributed by atoms with Gasteiger partial charge < -0.3 is 14.5 Å². The van der Waals surface area contributed by atoms with Crippen molar-refractivity contribution in [2.75, 3.05) is 13.2 Å². The average molecular weight is 299 g/mol. The van der Waals surface area contributed by atoms with Gasteiger partial charge in [0.05, 0.1) is 6.10 Å². The van der Waals surface area contributed by atoms with E-state index in [1.807, 2.05) is 42.5 Å². The lowest BCUT2D eigenvalue weighted by molar-refractivity contribution is -0.121. The lowest BCUT2D eigenvalue weighted by atomic mass is 10.2. The Kier molecular flexibility index (Phi) is 4.91.